The van der Waals surface area contributed by atoms with Crippen LogP contribution in [0.5, 0.6) is 5.75 Å². The zero-order valence-corrected chi connectivity index (χ0v) is 9.84. The van der Waals surface area contributed by atoms with Gasteiger partial charge in [-0.15, -0.1) is 0 Å². The van der Waals surface area contributed by atoms with Crippen molar-refractivity contribution < 1.29 is 14.2 Å². The number of ether oxygens (including phenoxy) is 3. The Morgan fingerprint density at radius 1 is 1.18 bits per heavy atom. The van der Waals surface area contributed by atoms with Gasteiger partial charge in [-0.3, -0.25) is 0 Å². The summed E-state index contributed by atoms with van der Waals surface area (Å²) in [5.41, 5.74) is 1.24. The molecule has 0 aromatic heterocycles. The van der Waals surface area contributed by atoms with Crippen LogP contribution in [0.15, 0.2) is 48.8 Å². The van der Waals surface area contributed by atoms with Crippen LogP contribution in [0.3, 0.4) is 0 Å². The first kappa shape index (κ1) is 11.7. The topological polar surface area (TPSA) is 27.7 Å². The molecular formula is C14H16O3. The molecule has 1 aromatic carbocycles. The summed E-state index contributed by atoms with van der Waals surface area (Å²) < 4.78 is 15.9. The average molecular weight is 232 g/mol. The van der Waals surface area contributed by atoms with E-state index in [-0.39, 0.29) is 6.29 Å². The molecule has 0 saturated heterocycles. The van der Waals surface area contributed by atoms with Crippen LogP contribution in [0.25, 0.3) is 0 Å². The van der Waals surface area contributed by atoms with Gasteiger partial charge in [0.1, 0.15) is 5.75 Å². The fraction of sp³-hybridized carbons (Fsp3) is 0.286. The maximum absolute atomic E-state index is 5.62. The van der Waals surface area contributed by atoms with Crippen molar-refractivity contribution in [3.05, 3.63) is 54.3 Å². The molecule has 90 valence electrons. The Kier molecular flexibility index (Phi) is 4.22. The van der Waals surface area contributed by atoms with E-state index in [0.29, 0.717) is 0 Å². The Morgan fingerprint density at radius 3 is 2.65 bits per heavy atom. The van der Waals surface area contributed by atoms with Gasteiger partial charge >= 0.3 is 0 Å². The molecule has 0 fully saturated rings. The second-order valence-corrected chi connectivity index (χ2v) is 3.72. The van der Waals surface area contributed by atoms with Gasteiger partial charge in [0.2, 0.25) is 0 Å². The van der Waals surface area contributed by atoms with Crippen LogP contribution in [0.4, 0.5) is 0 Å². The smallest absolute Gasteiger partial charge is 0.260 e. The van der Waals surface area contributed by atoms with Gasteiger partial charge in [0, 0.05) is 7.11 Å². The highest BCUT2D eigenvalue weighted by Crippen LogP contribution is 2.16. The van der Waals surface area contributed by atoms with Gasteiger partial charge in [-0.1, -0.05) is 18.2 Å². The third kappa shape index (κ3) is 3.64. The molecule has 1 atom stereocenters. The van der Waals surface area contributed by atoms with E-state index in [9.17, 15) is 0 Å². The van der Waals surface area contributed by atoms with Crippen molar-refractivity contribution in [1.29, 1.82) is 0 Å². The van der Waals surface area contributed by atoms with Crippen LogP contribution in [0.1, 0.15) is 5.56 Å². The molecule has 1 aromatic rings. The molecule has 1 unspecified atom stereocenters. The van der Waals surface area contributed by atoms with Crippen molar-refractivity contribution in [3.8, 4) is 5.75 Å². The van der Waals surface area contributed by atoms with E-state index in [1.807, 2.05) is 42.5 Å². The molecule has 0 aliphatic carbocycles. The highest BCUT2D eigenvalue weighted by molar-refractivity contribution is 5.28. The summed E-state index contributed by atoms with van der Waals surface area (Å²) in [5.74, 6) is 0.802. The quantitative estimate of drug-likeness (QED) is 0.781. The highest BCUT2D eigenvalue weighted by Gasteiger charge is 2.07. The van der Waals surface area contributed by atoms with E-state index in [1.54, 1.807) is 13.4 Å². The summed E-state index contributed by atoms with van der Waals surface area (Å²) in [4.78, 5) is 0. The molecule has 3 heteroatoms. The number of rotatable bonds is 5. The van der Waals surface area contributed by atoms with Crippen molar-refractivity contribution in [2.24, 2.45) is 0 Å². The maximum atomic E-state index is 5.62. The standard InChI is InChI=1S/C14H16O3/c1-15-11-9-12-5-7-13(8-6-12)17-14-4-2-3-10-16-14/h2-8,10,14H,9,11H2,1H3. The van der Waals surface area contributed by atoms with Gasteiger partial charge < -0.3 is 14.2 Å². The first-order valence-corrected chi connectivity index (χ1v) is 5.62. The number of hydrogen-bond donors (Lipinski definition) is 0. The molecule has 0 N–H and O–H groups in total. The summed E-state index contributed by atoms with van der Waals surface area (Å²) in [5, 5.41) is 0. The highest BCUT2D eigenvalue weighted by atomic mass is 16.7. The van der Waals surface area contributed by atoms with Crippen molar-refractivity contribution in [2.45, 2.75) is 12.7 Å². The molecule has 0 saturated carbocycles. The zero-order valence-electron chi connectivity index (χ0n) is 9.84. The molecule has 17 heavy (non-hydrogen) atoms. The van der Waals surface area contributed by atoms with Gasteiger partial charge in [0.05, 0.1) is 12.9 Å². The Hall–Kier alpha value is -1.74. The van der Waals surface area contributed by atoms with Gasteiger partial charge in [-0.25, -0.2) is 0 Å². The third-order valence-electron chi connectivity index (χ3n) is 2.44. The number of benzene rings is 1. The predicted molar refractivity (Wildman–Crippen MR) is 65.8 cm³/mol. The minimum Gasteiger partial charge on any atom is -0.459 e. The molecule has 3 nitrogen and oxygen atoms in total. The van der Waals surface area contributed by atoms with Crippen LogP contribution in [-0.2, 0) is 15.9 Å². The lowest BCUT2D eigenvalue weighted by Gasteiger charge is -2.16. The Bertz CT molecular complexity index is 392. The molecule has 0 radical (unpaired) electrons. The van der Waals surface area contributed by atoms with E-state index in [1.165, 1.54) is 5.56 Å². The summed E-state index contributed by atoms with van der Waals surface area (Å²) in [6.45, 7) is 0.736. The van der Waals surface area contributed by atoms with Crippen LogP contribution in [-0.4, -0.2) is 20.0 Å². The van der Waals surface area contributed by atoms with E-state index < -0.39 is 0 Å². The first-order chi connectivity index (χ1) is 8.38. The summed E-state index contributed by atoms with van der Waals surface area (Å²) in [7, 11) is 1.71. The minimum absolute atomic E-state index is 0.329. The monoisotopic (exact) mass is 232 g/mol. The lowest BCUT2D eigenvalue weighted by Crippen LogP contribution is -2.16. The summed E-state index contributed by atoms with van der Waals surface area (Å²) in [6, 6.07) is 7.97. The maximum Gasteiger partial charge on any atom is 0.260 e. The Balaban J connectivity index is 1.89. The number of hydrogen-bond acceptors (Lipinski definition) is 3. The van der Waals surface area contributed by atoms with Gasteiger partial charge in [-0.05, 0) is 36.3 Å². The first-order valence-electron chi connectivity index (χ1n) is 5.62. The second kappa shape index (κ2) is 6.11. The molecule has 1 aliphatic heterocycles. The molecule has 1 aliphatic rings. The lowest BCUT2D eigenvalue weighted by atomic mass is 10.1. The third-order valence-corrected chi connectivity index (χ3v) is 2.44. The van der Waals surface area contributed by atoms with E-state index >= 15 is 0 Å². The molecule has 0 spiro atoms. The molecular weight excluding hydrogens is 216 g/mol. The van der Waals surface area contributed by atoms with Crippen molar-refractivity contribution in [1.82, 2.24) is 0 Å². The minimum atomic E-state index is -0.329. The van der Waals surface area contributed by atoms with Crippen LogP contribution in [0.2, 0.25) is 0 Å². The molecule has 1 heterocycles. The second-order valence-electron chi connectivity index (χ2n) is 3.72. The van der Waals surface area contributed by atoms with Gasteiger partial charge in [-0.2, -0.15) is 0 Å². The van der Waals surface area contributed by atoms with E-state index in [0.717, 1.165) is 18.8 Å². The summed E-state index contributed by atoms with van der Waals surface area (Å²) in [6.07, 6.45) is 7.80. The fourth-order valence-electron chi connectivity index (χ4n) is 1.52. The van der Waals surface area contributed by atoms with Gasteiger partial charge in [0.15, 0.2) is 0 Å². The predicted octanol–water partition coefficient (Wildman–Crippen LogP) is 2.68. The van der Waals surface area contributed by atoms with Crippen molar-refractivity contribution in [2.75, 3.05) is 13.7 Å². The lowest BCUT2D eigenvalue weighted by molar-refractivity contribution is 0.00785. The zero-order chi connectivity index (χ0) is 11.9. The molecule has 0 amide bonds. The fourth-order valence-corrected chi connectivity index (χ4v) is 1.52. The van der Waals surface area contributed by atoms with E-state index in [2.05, 4.69) is 0 Å². The van der Waals surface area contributed by atoms with Gasteiger partial charge in [0.25, 0.3) is 6.29 Å². The number of methoxy groups -OCH3 is 1. The van der Waals surface area contributed by atoms with Crippen LogP contribution < -0.4 is 4.74 Å². The van der Waals surface area contributed by atoms with Crippen LogP contribution >= 0.6 is 0 Å². The Morgan fingerprint density at radius 2 is 2.00 bits per heavy atom. The number of allylic oxidation sites excluding steroid dienone is 2. The van der Waals surface area contributed by atoms with E-state index in [4.69, 9.17) is 14.2 Å². The Labute approximate surface area is 101 Å². The van der Waals surface area contributed by atoms with Crippen molar-refractivity contribution in [3.63, 3.8) is 0 Å². The molecule has 0 bridgehead atoms. The van der Waals surface area contributed by atoms with Crippen LogP contribution in [0, 0.1) is 0 Å². The average Bonchev–Trinajstić information content (AvgIpc) is 2.39. The van der Waals surface area contributed by atoms with Crippen molar-refractivity contribution >= 4 is 0 Å². The normalized spacial score (nSPS) is 17.8. The SMILES string of the molecule is COCCc1ccc(OC2C=CC=CO2)cc1. The summed E-state index contributed by atoms with van der Waals surface area (Å²) >= 11 is 0. The largest absolute Gasteiger partial charge is 0.459 e. The molecule has 2 rings (SSSR count).